The van der Waals surface area contributed by atoms with Gasteiger partial charge in [-0.05, 0) is 44.6 Å². The van der Waals surface area contributed by atoms with Crippen LogP contribution in [0.3, 0.4) is 0 Å². The molecule has 0 amide bonds. The molecule has 0 saturated heterocycles. The largest absolute Gasteiger partial charge is 0.494 e. The van der Waals surface area contributed by atoms with Crippen LogP contribution in [0.25, 0.3) is 16.5 Å². The molecule has 0 saturated carbocycles. The van der Waals surface area contributed by atoms with Crippen molar-refractivity contribution in [2.75, 3.05) is 27.2 Å². The lowest BCUT2D eigenvalue weighted by molar-refractivity contribution is 0.249. The summed E-state index contributed by atoms with van der Waals surface area (Å²) in [5, 5.41) is 12.3. The highest BCUT2D eigenvalue weighted by Gasteiger charge is 2.19. The third kappa shape index (κ3) is 4.57. The second-order valence-electron chi connectivity index (χ2n) is 8.63. The van der Waals surface area contributed by atoms with E-state index >= 15 is 0 Å². The molecular weight excluding hydrogens is 362 g/mol. The zero-order valence-corrected chi connectivity index (χ0v) is 17.8. The first-order valence-electron chi connectivity index (χ1n) is 9.78. The van der Waals surface area contributed by atoms with E-state index in [0.717, 1.165) is 12.1 Å². The quantitative estimate of drug-likeness (QED) is 0.646. The summed E-state index contributed by atoms with van der Waals surface area (Å²) in [6.07, 6.45) is 1.69. The van der Waals surface area contributed by atoms with Gasteiger partial charge in [-0.1, -0.05) is 49.7 Å². The van der Waals surface area contributed by atoms with Crippen LogP contribution in [-0.4, -0.2) is 48.0 Å². The van der Waals surface area contributed by atoms with Crippen molar-refractivity contribution in [3.05, 3.63) is 70.0 Å². The Balaban J connectivity index is 2.13. The predicted molar refractivity (Wildman–Crippen MR) is 121 cm³/mol. The molecule has 3 aromatic rings. The maximum atomic E-state index is 13.1. The highest BCUT2D eigenvalue weighted by molar-refractivity contribution is 6.01. The topological polar surface area (TPSA) is 57.8 Å². The first-order chi connectivity index (χ1) is 13.7. The van der Waals surface area contributed by atoms with Gasteiger partial charge in [0.25, 0.3) is 5.56 Å². The SMILES string of the molecule is Cc1ccc(-n2c(O)c(C=NCC(C)(C)CN(C)C)c3ccccc3c2=O)cc1. The van der Waals surface area contributed by atoms with Crippen molar-refractivity contribution in [3.63, 3.8) is 0 Å². The Hall–Kier alpha value is -2.92. The molecule has 5 heteroatoms. The van der Waals surface area contributed by atoms with E-state index in [1.165, 1.54) is 4.57 Å². The highest BCUT2D eigenvalue weighted by Crippen LogP contribution is 2.26. The molecule has 0 atom stereocenters. The lowest BCUT2D eigenvalue weighted by Gasteiger charge is -2.26. The maximum absolute atomic E-state index is 13.1. The number of fused-ring (bicyclic) bond motifs is 1. The number of benzene rings is 2. The van der Waals surface area contributed by atoms with Crippen molar-refractivity contribution in [2.45, 2.75) is 20.8 Å². The molecular formula is C24H29N3O2. The van der Waals surface area contributed by atoms with E-state index in [0.29, 0.717) is 28.6 Å². The van der Waals surface area contributed by atoms with Crippen LogP contribution in [-0.2, 0) is 0 Å². The smallest absolute Gasteiger partial charge is 0.265 e. The minimum atomic E-state index is -0.243. The summed E-state index contributed by atoms with van der Waals surface area (Å²) >= 11 is 0. The molecule has 0 bridgehead atoms. The highest BCUT2D eigenvalue weighted by atomic mass is 16.3. The van der Waals surface area contributed by atoms with Crippen LogP contribution >= 0.6 is 0 Å². The first kappa shape index (κ1) is 20.8. The molecule has 0 radical (unpaired) electrons. The van der Waals surface area contributed by atoms with Gasteiger partial charge in [-0.15, -0.1) is 0 Å². The van der Waals surface area contributed by atoms with E-state index < -0.39 is 0 Å². The van der Waals surface area contributed by atoms with Crippen molar-refractivity contribution < 1.29 is 5.11 Å². The third-order valence-corrected chi connectivity index (χ3v) is 4.88. The molecule has 1 aromatic heterocycles. The molecule has 0 fully saturated rings. The van der Waals surface area contributed by atoms with Crippen molar-refractivity contribution in [2.24, 2.45) is 10.4 Å². The lowest BCUT2D eigenvalue weighted by Crippen LogP contribution is -2.31. The van der Waals surface area contributed by atoms with Crippen LogP contribution in [0.5, 0.6) is 5.88 Å². The Kier molecular flexibility index (Phi) is 5.89. The second-order valence-corrected chi connectivity index (χ2v) is 8.63. The van der Waals surface area contributed by atoms with Gasteiger partial charge in [0.1, 0.15) is 0 Å². The number of aromatic nitrogens is 1. The second kappa shape index (κ2) is 8.21. The van der Waals surface area contributed by atoms with E-state index in [9.17, 15) is 9.90 Å². The fraction of sp³-hybridized carbons (Fsp3) is 0.333. The summed E-state index contributed by atoms with van der Waals surface area (Å²) in [6.45, 7) is 7.83. The van der Waals surface area contributed by atoms with Gasteiger partial charge in [0.2, 0.25) is 5.88 Å². The van der Waals surface area contributed by atoms with E-state index in [4.69, 9.17) is 0 Å². The number of pyridine rings is 1. The standard InChI is InChI=1S/C24H29N3O2/c1-17-10-12-18(13-11-17)27-22(28)20-9-7-6-8-19(20)21(23(27)29)14-25-15-24(2,3)16-26(4)5/h6-14,29H,15-16H2,1-5H3. The fourth-order valence-electron chi connectivity index (χ4n) is 3.71. The van der Waals surface area contributed by atoms with Gasteiger partial charge in [-0.25, -0.2) is 4.57 Å². The number of rotatable bonds is 6. The molecule has 2 aromatic carbocycles. The van der Waals surface area contributed by atoms with Crippen LogP contribution in [0, 0.1) is 12.3 Å². The Morgan fingerprint density at radius 3 is 2.31 bits per heavy atom. The zero-order valence-electron chi connectivity index (χ0n) is 17.8. The Morgan fingerprint density at radius 1 is 1.07 bits per heavy atom. The molecule has 3 rings (SSSR count). The van der Waals surface area contributed by atoms with Crippen molar-refractivity contribution in [1.29, 1.82) is 0 Å². The maximum Gasteiger partial charge on any atom is 0.265 e. The van der Waals surface area contributed by atoms with E-state index in [1.54, 1.807) is 12.3 Å². The summed E-state index contributed by atoms with van der Waals surface area (Å²) in [6, 6.07) is 14.9. The molecule has 0 aliphatic rings. The summed E-state index contributed by atoms with van der Waals surface area (Å²) in [5.41, 5.74) is 2.03. The first-order valence-corrected chi connectivity index (χ1v) is 9.78. The van der Waals surface area contributed by atoms with Gasteiger partial charge in [0.15, 0.2) is 0 Å². The Bertz CT molecular complexity index is 1090. The number of nitrogens with zero attached hydrogens (tertiary/aromatic N) is 3. The van der Waals surface area contributed by atoms with Gasteiger partial charge in [0, 0.05) is 30.1 Å². The Morgan fingerprint density at radius 2 is 1.69 bits per heavy atom. The van der Waals surface area contributed by atoms with Gasteiger partial charge in [0.05, 0.1) is 11.3 Å². The molecule has 5 nitrogen and oxygen atoms in total. The van der Waals surface area contributed by atoms with Crippen molar-refractivity contribution in [3.8, 4) is 11.6 Å². The summed E-state index contributed by atoms with van der Waals surface area (Å²) in [5.74, 6) is -0.0910. The van der Waals surface area contributed by atoms with Gasteiger partial charge >= 0.3 is 0 Å². The molecule has 0 aliphatic heterocycles. The monoisotopic (exact) mass is 391 g/mol. The fourth-order valence-corrected chi connectivity index (χ4v) is 3.71. The van der Waals surface area contributed by atoms with E-state index in [2.05, 4.69) is 23.7 Å². The minimum absolute atomic E-state index is 0.00315. The normalized spacial score (nSPS) is 12.3. The summed E-state index contributed by atoms with van der Waals surface area (Å²) in [4.78, 5) is 19.9. The van der Waals surface area contributed by atoms with Crippen LogP contribution < -0.4 is 5.56 Å². The Labute approximate surface area is 171 Å². The van der Waals surface area contributed by atoms with E-state index in [1.807, 2.05) is 63.5 Å². The van der Waals surface area contributed by atoms with Gasteiger partial charge < -0.3 is 10.0 Å². The molecule has 152 valence electrons. The number of aromatic hydroxyl groups is 1. The molecule has 29 heavy (non-hydrogen) atoms. The zero-order chi connectivity index (χ0) is 21.2. The molecule has 1 heterocycles. The number of aryl methyl sites for hydroxylation is 1. The summed E-state index contributed by atoms with van der Waals surface area (Å²) < 4.78 is 1.36. The van der Waals surface area contributed by atoms with Crippen LogP contribution in [0.1, 0.15) is 25.0 Å². The average Bonchev–Trinajstić information content (AvgIpc) is 2.65. The van der Waals surface area contributed by atoms with E-state index in [-0.39, 0.29) is 16.9 Å². The van der Waals surface area contributed by atoms with Crippen LogP contribution in [0.4, 0.5) is 0 Å². The molecule has 0 unspecified atom stereocenters. The number of hydrogen-bond donors (Lipinski definition) is 1. The van der Waals surface area contributed by atoms with Crippen molar-refractivity contribution >= 4 is 17.0 Å². The van der Waals surface area contributed by atoms with Crippen LogP contribution in [0.15, 0.2) is 58.3 Å². The molecule has 0 aliphatic carbocycles. The minimum Gasteiger partial charge on any atom is -0.494 e. The third-order valence-electron chi connectivity index (χ3n) is 4.88. The van der Waals surface area contributed by atoms with Crippen LogP contribution in [0.2, 0.25) is 0 Å². The van der Waals surface area contributed by atoms with Gasteiger partial charge in [-0.2, -0.15) is 0 Å². The number of hydrogen-bond acceptors (Lipinski definition) is 4. The average molecular weight is 392 g/mol. The van der Waals surface area contributed by atoms with Gasteiger partial charge in [-0.3, -0.25) is 9.79 Å². The summed E-state index contributed by atoms with van der Waals surface area (Å²) in [7, 11) is 4.09. The predicted octanol–water partition coefficient (Wildman–Crippen LogP) is 4.01. The molecule has 0 spiro atoms. The molecule has 1 N–H and O–H groups in total. The lowest BCUT2D eigenvalue weighted by atomic mass is 9.93. The van der Waals surface area contributed by atoms with Crippen molar-refractivity contribution in [1.82, 2.24) is 9.47 Å². The number of aliphatic imine (C=N–C) groups is 1.